The van der Waals surface area contributed by atoms with Crippen molar-refractivity contribution in [1.29, 1.82) is 0 Å². The van der Waals surface area contributed by atoms with Crippen LogP contribution in [-0.2, 0) is 20.9 Å². The van der Waals surface area contributed by atoms with E-state index in [4.69, 9.17) is 23.7 Å². The molecule has 0 saturated heterocycles. The molecular weight excluding hydrogens is 822 g/mol. The van der Waals surface area contributed by atoms with Gasteiger partial charge in [0.25, 0.3) is 5.91 Å². The van der Waals surface area contributed by atoms with Crippen molar-refractivity contribution in [2.75, 3.05) is 27.4 Å². The van der Waals surface area contributed by atoms with Crippen LogP contribution in [0.15, 0.2) is 71.0 Å². The van der Waals surface area contributed by atoms with Gasteiger partial charge in [-0.15, -0.1) is 0 Å². The molecule has 46 heavy (non-hydrogen) atoms. The topological polar surface area (TPSA) is 146 Å². The predicted octanol–water partition coefficient (Wildman–Crippen LogP) is 5.21. The third kappa shape index (κ3) is 9.02. The normalized spacial score (nSPS) is 14.3. The van der Waals surface area contributed by atoms with Crippen molar-refractivity contribution in [3.8, 4) is 23.0 Å². The molecule has 4 rings (SSSR count). The number of halogens is 2. The fraction of sp³-hybridized carbons (Fsp3) is 0.250. The summed E-state index contributed by atoms with van der Waals surface area (Å²) in [6.45, 7) is 3.55. The zero-order valence-electron chi connectivity index (χ0n) is 25.4. The minimum Gasteiger partial charge on any atom is -0.493 e. The number of ether oxygens (including phenoxy) is 5. The maximum atomic E-state index is 12.6. The zero-order valence-corrected chi connectivity index (χ0v) is 29.8. The fourth-order valence-corrected chi connectivity index (χ4v) is 5.59. The van der Waals surface area contributed by atoms with Crippen LogP contribution < -0.4 is 35.0 Å². The molecule has 12 nitrogen and oxygen atoms in total. The number of hydrogen-bond acceptors (Lipinski definition) is 9. The minimum absolute atomic E-state index is 0.183. The molecule has 3 N–H and O–H groups in total. The van der Waals surface area contributed by atoms with E-state index in [1.807, 2.05) is 30.3 Å². The molecule has 1 aliphatic rings. The van der Waals surface area contributed by atoms with E-state index in [-0.39, 0.29) is 24.5 Å². The van der Waals surface area contributed by atoms with Gasteiger partial charge in [-0.05, 0) is 112 Å². The van der Waals surface area contributed by atoms with Crippen molar-refractivity contribution in [2.45, 2.75) is 26.5 Å². The lowest BCUT2D eigenvalue weighted by Gasteiger charge is -2.28. The number of benzene rings is 3. The second-order valence-corrected chi connectivity index (χ2v) is 12.1. The molecule has 3 aromatic rings. The lowest BCUT2D eigenvalue weighted by Crippen LogP contribution is -2.45. The van der Waals surface area contributed by atoms with Gasteiger partial charge in [0, 0.05) is 9.27 Å². The molecule has 0 saturated carbocycles. The molecule has 14 heteroatoms. The molecule has 1 heterocycles. The van der Waals surface area contributed by atoms with Crippen molar-refractivity contribution in [2.24, 2.45) is 5.10 Å². The molecule has 0 bridgehead atoms. The number of esters is 1. The SMILES string of the molecule is CCOC(=O)C1=C(C)NC(=O)N[C@H]1c1ccc(OCC(=O)N/N=C\c2cc(I)c(OCc3ccc(I)cc3)c(OC)c2)c(OC)c1. The van der Waals surface area contributed by atoms with Gasteiger partial charge in [0.2, 0.25) is 0 Å². The second kappa shape index (κ2) is 16.5. The summed E-state index contributed by atoms with van der Waals surface area (Å²) in [7, 11) is 3.00. The van der Waals surface area contributed by atoms with E-state index < -0.39 is 23.9 Å². The summed E-state index contributed by atoms with van der Waals surface area (Å²) in [4.78, 5) is 37.3. The number of rotatable bonds is 13. The van der Waals surface area contributed by atoms with Gasteiger partial charge in [-0.3, -0.25) is 4.79 Å². The van der Waals surface area contributed by atoms with Gasteiger partial charge < -0.3 is 34.3 Å². The third-order valence-corrected chi connectivity index (χ3v) is 8.12. The number of nitrogens with zero attached hydrogens (tertiary/aromatic N) is 1. The van der Waals surface area contributed by atoms with Crippen molar-refractivity contribution in [3.05, 3.63) is 89.7 Å². The van der Waals surface area contributed by atoms with E-state index in [0.717, 1.165) is 12.7 Å². The first-order chi connectivity index (χ1) is 22.1. The Balaban J connectivity index is 1.37. The van der Waals surface area contributed by atoms with Gasteiger partial charge in [0.1, 0.15) is 6.61 Å². The van der Waals surface area contributed by atoms with Crippen LogP contribution in [0.2, 0.25) is 0 Å². The lowest BCUT2D eigenvalue weighted by molar-refractivity contribution is -0.139. The van der Waals surface area contributed by atoms with Crippen molar-refractivity contribution in [3.63, 3.8) is 0 Å². The first-order valence-corrected chi connectivity index (χ1v) is 16.1. The largest absolute Gasteiger partial charge is 0.493 e. The number of methoxy groups -OCH3 is 2. The molecule has 0 radical (unpaired) electrons. The smallest absolute Gasteiger partial charge is 0.338 e. The summed E-state index contributed by atoms with van der Waals surface area (Å²) in [6.07, 6.45) is 1.49. The van der Waals surface area contributed by atoms with Crippen LogP contribution in [0.25, 0.3) is 0 Å². The van der Waals surface area contributed by atoms with Crippen molar-refractivity contribution < 1.29 is 38.1 Å². The second-order valence-electron chi connectivity index (χ2n) is 9.73. The molecule has 0 unspecified atom stereocenters. The Kier molecular flexibility index (Phi) is 12.5. The van der Waals surface area contributed by atoms with Crippen LogP contribution in [0, 0.1) is 7.14 Å². The monoisotopic (exact) mass is 854 g/mol. The highest BCUT2D eigenvalue weighted by molar-refractivity contribution is 14.1. The molecule has 0 aromatic heterocycles. The minimum atomic E-state index is -0.774. The average Bonchev–Trinajstić information content (AvgIpc) is 3.03. The Morgan fingerprint density at radius 2 is 1.72 bits per heavy atom. The molecule has 242 valence electrons. The predicted molar refractivity (Wildman–Crippen MR) is 187 cm³/mol. The number of amides is 3. The number of carbonyl (C=O) groups is 3. The van der Waals surface area contributed by atoms with Crippen LogP contribution in [0.3, 0.4) is 0 Å². The van der Waals surface area contributed by atoms with Crippen LogP contribution in [0.5, 0.6) is 23.0 Å². The molecule has 0 fully saturated rings. The Bertz CT molecular complexity index is 1660. The van der Waals surface area contributed by atoms with Gasteiger partial charge in [-0.1, -0.05) is 18.2 Å². The molecule has 0 spiro atoms. The van der Waals surface area contributed by atoms with E-state index in [9.17, 15) is 14.4 Å². The number of carbonyl (C=O) groups excluding carboxylic acids is 3. The Hall–Kier alpha value is -4.06. The van der Waals surface area contributed by atoms with Gasteiger partial charge in [0.05, 0.1) is 42.2 Å². The summed E-state index contributed by atoms with van der Waals surface area (Å²) in [5.41, 5.74) is 5.39. The van der Waals surface area contributed by atoms with Crippen molar-refractivity contribution in [1.82, 2.24) is 16.1 Å². The van der Waals surface area contributed by atoms with Gasteiger partial charge >= 0.3 is 12.0 Å². The first-order valence-electron chi connectivity index (χ1n) is 14.0. The van der Waals surface area contributed by atoms with Gasteiger partial charge in [-0.25, -0.2) is 15.0 Å². The highest BCUT2D eigenvalue weighted by atomic mass is 127. The molecule has 3 amide bonds. The molecule has 1 atom stereocenters. The van der Waals surface area contributed by atoms with Crippen LogP contribution in [0.4, 0.5) is 4.79 Å². The number of nitrogens with one attached hydrogen (secondary N) is 3. The summed E-state index contributed by atoms with van der Waals surface area (Å²) in [5, 5.41) is 9.38. The maximum absolute atomic E-state index is 12.6. The number of hydrazone groups is 1. The van der Waals surface area contributed by atoms with Gasteiger partial charge in [-0.2, -0.15) is 5.10 Å². The molecular formula is C32H32I2N4O8. The third-order valence-electron chi connectivity index (χ3n) is 6.60. The fourth-order valence-electron chi connectivity index (χ4n) is 4.45. The summed E-state index contributed by atoms with van der Waals surface area (Å²) >= 11 is 4.42. The van der Waals surface area contributed by atoms with Crippen LogP contribution in [0.1, 0.15) is 36.6 Å². The van der Waals surface area contributed by atoms with Crippen molar-refractivity contribution >= 4 is 69.3 Å². The highest BCUT2D eigenvalue weighted by Gasteiger charge is 2.32. The average molecular weight is 854 g/mol. The van der Waals surface area contributed by atoms with E-state index in [1.54, 1.807) is 45.2 Å². The van der Waals surface area contributed by atoms with E-state index in [1.165, 1.54) is 13.3 Å². The summed E-state index contributed by atoms with van der Waals surface area (Å²) in [5.74, 6) is 0.673. The lowest BCUT2D eigenvalue weighted by atomic mass is 9.95. The standard InChI is InChI=1S/C32H32I2N4O8/c1-5-44-31(40)28-18(2)36-32(41)37-29(28)21-8-11-24(25(14-21)42-3)45-17-27(39)38-35-15-20-12-23(34)30(26(13-20)43-4)46-16-19-6-9-22(33)10-7-19/h6-15,29H,5,16-17H2,1-4H3,(H,38,39)(H2,36,37,41)/b35-15-/t29-/m0/s1. The molecule has 0 aliphatic carbocycles. The van der Waals surface area contributed by atoms with Gasteiger partial charge in [0.15, 0.2) is 29.6 Å². The maximum Gasteiger partial charge on any atom is 0.338 e. The Morgan fingerprint density at radius 3 is 2.41 bits per heavy atom. The van der Waals surface area contributed by atoms with Crippen LogP contribution >= 0.6 is 45.2 Å². The van der Waals surface area contributed by atoms with E-state index in [2.05, 4.69) is 66.3 Å². The number of hydrogen-bond donors (Lipinski definition) is 3. The zero-order chi connectivity index (χ0) is 33.2. The summed E-state index contributed by atoms with van der Waals surface area (Å²) in [6, 6.07) is 15.3. The van der Waals surface area contributed by atoms with E-state index >= 15 is 0 Å². The van der Waals surface area contributed by atoms with E-state index in [0.29, 0.717) is 40.7 Å². The Morgan fingerprint density at radius 1 is 0.978 bits per heavy atom. The number of allylic oxidation sites excluding steroid dienone is 1. The number of urea groups is 1. The van der Waals surface area contributed by atoms with Crippen LogP contribution in [-0.4, -0.2) is 51.6 Å². The first kappa shape index (κ1) is 34.8. The molecule has 3 aromatic carbocycles. The quantitative estimate of drug-likeness (QED) is 0.0921. The molecule has 1 aliphatic heterocycles. The summed E-state index contributed by atoms with van der Waals surface area (Å²) < 4.78 is 29.9. The Labute approximate surface area is 293 Å². The highest BCUT2D eigenvalue weighted by Crippen LogP contribution is 2.35.